The van der Waals surface area contributed by atoms with E-state index in [9.17, 15) is 0 Å². The van der Waals surface area contributed by atoms with Crippen molar-refractivity contribution in [3.05, 3.63) is 41.6 Å². The Morgan fingerprint density at radius 1 is 1.35 bits per heavy atom. The van der Waals surface area contributed by atoms with Crippen LogP contribution in [0.25, 0.3) is 0 Å². The Balaban J connectivity index is 1.77. The normalized spacial score (nSPS) is 14.8. The molecule has 1 aliphatic heterocycles. The molecule has 0 saturated heterocycles. The molecule has 0 radical (unpaired) electrons. The van der Waals surface area contributed by atoms with Crippen LogP contribution < -0.4 is 16.0 Å². The van der Waals surface area contributed by atoms with Crippen LogP contribution in [-0.2, 0) is 19.6 Å². The van der Waals surface area contributed by atoms with Gasteiger partial charge in [-0.2, -0.15) is 0 Å². The molecule has 1 aliphatic rings. The fourth-order valence-electron chi connectivity index (χ4n) is 2.62. The highest BCUT2D eigenvalue weighted by Crippen LogP contribution is 2.23. The first-order chi connectivity index (χ1) is 11.3. The predicted octanol–water partition coefficient (Wildman–Crippen LogP) is -0.276. The van der Waals surface area contributed by atoms with Crippen LogP contribution in [0.5, 0.6) is 0 Å². The average Bonchev–Trinajstić information content (AvgIpc) is 2.55. The molecule has 3 N–H and O–H groups in total. The van der Waals surface area contributed by atoms with Gasteiger partial charge < -0.3 is 16.0 Å². The van der Waals surface area contributed by atoms with Crippen molar-refractivity contribution < 1.29 is 0 Å². The quantitative estimate of drug-likeness (QED) is 0.703. The first kappa shape index (κ1) is 15.7. The fourth-order valence-corrected chi connectivity index (χ4v) is 2.62. The number of nitrogens with one attached hydrogen (secondary N) is 1. The van der Waals surface area contributed by atoms with E-state index in [0.717, 1.165) is 43.4 Å². The molecule has 23 heavy (non-hydrogen) atoms. The number of rotatable bonds is 6. The number of nitrogens with zero attached hydrogens (tertiary/aromatic N) is 6. The summed E-state index contributed by atoms with van der Waals surface area (Å²) >= 11 is 0. The van der Waals surface area contributed by atoms with Gasteiger partial charge in [0.1, 0.15) is 5.69 Å². The zero-order chi connectivity index (χ0) is 16.1. The van der Waals surface area contributed by atoms with Gasteiger partial charge in [-0.1, -0.05) is 6.07 Å². The van der Waals surface area contributed by atoms with E-state index in [1.807, 2.05) is 12.3 Å². The van der Waals surface area contributed by atoms with Gasteiger partial charge in [0.25, 0.3) is 0 Å². The van der Waals surface area contributed by atoms with Gasteiger partial charge in [-0.25, -0.2) is 4.98 Å². The van der Waals surface area contributed by atoms with Gasteiger partial charge in [-0.3, -0.25) is 9.88 Å². The molecule has 0 saturated carbocycles. The third kappa shape index (κ3) is 3.98. The minimum absolute atomic E-state index is 0.587. The van der Waals surface area contributed by atoms with Gasteiger partial charge in [0.05, 0.1) is 13.2 Å². The minimum Gasteiger partial charge on any atom is -0.336 e. The van der Waals surface area contributed by atoms with Crippen molar-refractivity contribution in [3.8, 4) is 0 Å². The molecule has 3 rings (SSSR count). The molecule has 2 aromatic heterocycles. The van der Waals surface area contributed by atoms with Crippen molar-refractivity contribution in [2.45, 2.75) is 19.6 Å². The van der Waals surface area contributed by atoms with Crippen molar-refractivity contribution in [3.63, 3.8) is 0 Å². The maximum absolute atomic E-state index is 5.48. The highest BCUT2D eigenvalue weighted by Gasteiger charge is 2.24. The molecule has 0 atom stereocenters. The number of hydrogen-bond acceptors (Lipinski definition) is 8. The predicted molar refractivity (Wildman–Crippen MR) is 87.3 cm³/mol. The standard InChI is InChI=1S/C15H22N8/c1-22-10-13-15(21-20-14(19-13)8-18-6-4-16)23(11-22)9-12-3-2-5-17-7-12/h2-3,5,7,18H,4,6,8-11,16H2,1H3. The molecule has 3 heterocycles. The molecular formula is C15H22N8. The van der Waals surface area contributed by atoms with Crippen LogP contribution in [0, 0.1) is 0 Å². The molecule has 0 aliphatic carbocycles. The third-order valence-corrected chi connectivity index (χ3v) is 3.61. The molecule has 2 aromatic rings. The van der Waals surface area contributed by atoms with Gasteiger partial charge >= 0.3 is 0 Å². The summed E-state index contributed by atoms with van der Waals surface area (Å²) in [6, 6.07) is 4.01. The zero-order valence-corrected chi connectivity index (χ0v) is 13.3. The van der Waals surface area contributed by atoms with E-state index >= 15 is 0 Å². The smallest absolute Gasteiger partial charge is 0.175 e. The fraction of sp³-hybridized carbons (Fsp3) is 0.467. The summed E-state index contributed by atoms with van der Waals surface area (Å²) in [6.07, 6.45) is 3.65. The number of hydrogen-bond donors (Lipinski definition) is 2. The van der Waals surface area contributed by atoms with Crippen LogP contribution in [0.4, 0.5) is 5.82 Å². The van der Waals surface area contributed by atoms with Gasteiger partial charge in [0.2, 0.25) is 0 Å². The Morgan fingerprint density at radius 2 is 2.26 bits per heavy atom. The van der Waals surface area contributed by atoms with Crippen LogP contribution in [0.15, 0.2) is 24.5 Å². The summed E-state index contributed by atoms with van der Waals surface area (Å²) in [4.78, 5) is 13.2. The minimum atomic E-state index is 0.587. The Labute approximate surface area is 135 Å². The number of anilines is 1. The molecule has 0 aromatic carbocycles. The average molecular weight is 314 g/mol. The SMILES string of the molecule is CN1Cc2nc(CNCCN)nnc2N(Cc2cccnc2)C1. The lowest BCUT2D eigenvalue weighted by Gasteiger charge is -2.34. The topological polar surface area (TPSA) is 96.1 Å². The van der Waals surface area contributed by atoms with Gasteiger partial charge in [0.15, 0.2) is 11.6 Å². The number of pyridine rings is 1. The highest BCUT2D eigenvalue weighted by molar-refractivity contribution is 5.45. The van der Waals surface area contributed by atoms with Gasteiger partial charge in [0, 0.05) is 38.6 Å². The van der Waals surface area contributed by atoms with Crippen LogP contribution in [-0.4, -0.2) is 51.9 Å². The summed E-state index contributed by atoms with van der Waals surface area (Å²) in [5, 5.41) is 11.8. The van der Waals surface area contributed by atoms with E-state index < -0.39 is 0 Å². The number of aromatic nitrogens is 4. The molecule has 0 bridgehead atoms. The van der Waals surface area contributed by atoms with Gasteiger partial charge in [-0.05, 0) is 18.7 Å². The summed E-state index contributed by atoms with van der Waals surface area (Å²) in [7, 11) is 2.08. The first-order valence-electron chi connectivity index (χ1n) is 7.72. The second-order valence-corrected chi connectivity index (χ2v) is 5.68. The highest BCUT2D eigenvalue weighted by atomic mass is 15.4. The Kier molecular flexibility index (Phi) is 5.06. The summed E-state index contributed by atoms with van der Waals surface area (Å²) in [5.74, 6) is 1.56. The number of nitrogens with two attached hydrogens (primary N) is 1. The molecule has 8 nitrogen and oxygen atoms in total. The maximum Gasteiger partial charge on any atom is 0.175 e. The lowest BCUT2D eigenvalue weighted by molar-refractivity contribution is 0.298. The van der Waals surface area contributed by atoms with E-state index in [1.54, 1.807) is 6.20 Å². The Bertz CT molecular complexity index is 633. The van der Waals surface area contributed by atoms with Crippen LogP contribution in [0.1, 0.15) is 17.1 Å². The van der Waals surface area contributed by atoms with E-state index in [2.05, 4.69) is 48.4 Å². The van der Waals surface area contributed by atoms with Crippen molar-refractivity contribution in [2.24, 2.45) is 5.73 Å². The second-order valence-electron chi connectivity index (χ2n) is 5.68. The summed E-state index contributed by atoms with van der Waals surface area (Å²) < 4.78 is 0. The Hall–Kier alpha value is -2.16. The van der Waals surface area contributed by atoms with Crippen molar-refractivity contribution in [1.82, 2.24) is 30.4 Å². The third-order valence-electron chi connectivity index (χ3n) is 3.61. The summed E-state index contributed by atoms with van der Waals surface area (Å²) in [5.41, 5.74) is 7.58. The van der Waals surface area contributed by atoms with Gasteiger partial charge in [-0.15, -0.1) is 10.2 Å². The van der Waals surface area contributed by atoms with Crippen molar-refractivity contribution in [2.75, 3.05) is 31.7 Å². The molecular weight excluding hydrogens is 292 g/mol. The van der Waals surface area contributed by atoms with E-state index in [0.29, 0.717) is 18.9 Å². The molecule has 122 valence electrons. The zero-order valence-electron chi connectivity index (χ0n) is 13.3. The lowest BCUT2D eigenvalue weighted by atomic mass is 10.2. The largest absolute Gasteiger partial charge is 0.336 e. The van der Waals surface area contributed by atoms with Crippen molar-refractivity contribution >= 4 is 5.82 Å². The van der Waals surface area contributed by atoms with Crippen LogP contribution in [0.3, 0.4) is 0 Å². The molecule has 0 spiro atoms. The maximum atomic E-state index is 5.48. The first-order valence-corrected chi connectivity index (χ1v) is 7.72. The Morgan fingerprint density at radius 3 is 3.04 bits per heavy atom. The van der Waals surface area contributed by atoms with Crippen molar-refractivity contribution in [1.29, 1.82) is 0 Å². The summed E-state index contributed by atoms with van der Waals surface area (Å²) in [6.45, 7) is 4.24. The van der Waals surface area contributed by atoms with Crippen LogP contribution in [0.2, 0.25) is 0 Å². The molecule has 0 amide bonds. The van der Waals surface area contributed by atoms with Crippen LogP contribution >= 0.6 is 0 Å². The molecule has 0 unspecified atom stereocenters. The molecule has 0 fully saturated rings. The second kappa shape index (κ2) is 7.40. The number of fused-ring (bicyclic) bond motifs is 1. The molecule has 8 heteroatoms. The van der Waals surface area contributed by atoms with E-state index in [1.165, 1.54) is 0 Å². The van der Waals surface area contributed by atoms with E-state index in [4.69, 9.17) is 5.73 Å². The van der Waals surface area contributed by atoms with E-state index in [-0.39, 0.29) is 0 Å². The monoisotopic (exact) mass is 314 g/mol. The lowest BCUT2D eigenvalue weighted by Crippen LogP contribution is -2.41.